The van der Waals surface area contributed by atoms with Crippen LogP contribution >= 0.6 is 0 Å². The predicted molar refractivity (Wildman–Crippen MR) is 112 cm³/mol. The lowest BCUT2D eigenvalue weighted by molar-refractivity contribution is -0.123. The molecule has 1 heterocycles. The molecule has 7 heteroatoms. The number of nitrogens with zero attached hydrogens (tertiary/aromatic N) is 1. The van der Waals surface area contributed by atoms with Crippen LogP contribution in [0.4, 0.5) is 0 Å². The van der Waals surface area contributed by atoms with Crippen LogP contribution in [0, 0.1) is 13.8 Å². The Labute approximate surface area is 172 Å². The highest BCUT2D eigenvalue weighted by Crippen LogP contribution is 2.42. The van der Waals surface area contributed by atoms with Gasteiger partial charge in [-0.2, -0.15) is 0 Å². The van der Waals surface area contributed by atoms with Gasteiger partial charge in [0.05, 0.1) is 11.5 Å². The molecule has 156 valence electrons. The van der Waals surface area contributed by atoms with E-state index < -0.39 is 20.5 Å². The summed E-state index contributed by atoms with van der Waals surface area (Å²) in [4.78, 5) is 17.7. The molecule has 29 heavy (non-hydrogen) atoms. The highest BCUT2D eigenvalue weighted by Gasteiger charge is 2.53. The number of ether oxygens (including phenoxy) is 1. The van der Waals surface area contributed by atoms with Gasteiger partial charge in [0.25, 0.3) is 0 Å². The van der Waals surface area contributed by atoms with Gasteiger partial charge in [-0.1, -0.05) is 31.0 Å². The van der Waals surface area contributed by atoms with E-state index >= 15 is 0 Å². The fourth-order valence-electron chi connectivity index (χ4n) is 3.93. The fraction of sp³-hybridized carbons (Fsp3) is 0.455. The minimum atomic E-state index is -3.84. The van der Waals surface area contributed by atoms with Crippen molar-refractivity contribution in [2.75, 3.05) is 6.61 Å². The largest absolute Gasteiger partial charge is 0.478 e. The standard InChI is InChI=1S/C22H28N2O4S/c1-4-28-20-18(8-7-13-23-20)15-24-21(25)22(11-5-6-12-22)29(26,27)19-14-16(2)9-10-17(19)3/h7-10,13-14H,4-6,11-12,15H2,1-3H3,(H,24,25). The molecule has 2 aromatic rings. The van der Waals surface area contributed by atoms with Crippen molar-refractivity contribution < 1.29 is 17.9 Å². The number of hydrogen-bond donors (Lipinski definition) is 1. The minimum Gasteiger partial charge on any atom is -0.478 e. The van der Waals surface area contributed by atoms with E-state index in [1.807, 2.05) is 26.0 Å². The van der Waals surface area contributed by atoms with Gasteiger partial charge in [-0.15, -0.1) is 0 Å². The van der Waals surface area contributed by atoms with Gasteiger partial charge in [0.2, 0.25) is 11.8 Å². The number of amides is 1. The molecule has 0 atom stereocenters. The molecule has 0 saturated heterocycles. The molecule has 0 bridgehead atoms. The molecule has 1 aromatic heterocycles. The third-order valence-electron chi connectivity index (χ3n) is 5.54. The second-order valence-corrected chi connectivity index (χ2v) is 9.79. The summed E-state index contributed by atoms with van der Waals surface area (Å²) in [6, 6.07) is 8.94. The van der Waals surface area contributed by atoms with Crippen molar-refractivity contribution in [3.63, 3.8) is 0 Å². The number of rotatable bonds is 7. The Kier molecular flexibility index (Phi) is 6.27. The Bertz CT molecular complexity index is 996. The van der Waals surface area contributed by atoms with Crippen LogP contribution in [0.2, 0.25) is 0 Å². The summed E-state index contributed by atoms with van der Waals surface area (Å²) >= 11 is 0. The molecule has 1 fully saturated rings. The molecule has 1 aliphatic rings. The van der Waals surface area contributed by atoms with Crippen LogP contribution in [0.25, 0.3) is 0 Å². The first kappa shape index (κ1) is 21.3. The van der Waals surface area contributed by atoms with Gasteiger partial charge < -0.3 is 10.1 Å². The summed E-state index contributed by atoms with van der Waals surface area (Å²) in [5.74, 6) is 0.00960. The zero-order chi connectivity index (χ0) is 21.1. The molecular formula is C22H28N2O4S. The first-order valence-electron chi connectivity index (χ1n) is 9.99. The monoisotopic (exact) mass is 416 g/mol. The van der Waals surface area contributed by atoms with Crippen molar-refractivity contribution in [2.24, 2.45) is 0 Å². The Hall–Kier alpha value is -2.41. The van der Waals surface area contributed by atoms with Gasteiger partial charge in [0.1, 0.15) is 0 Å². The van der Waals surface area contributed by atoms with Gasteiger partial charge in [-0.05, 0) is 56.9 Å². The third-order valence-corrected chi connectivity index (χ3v) is 8.18. The summed E-state index contributed by atoms with van der Waals surface area (Å²) in [6.45, 7) is 6.13. The van der Waals surface area contributed by atoms with E-state index in [-0.39, 0.29) is 11.4 Å². The lowest BCUT2D eigenvalue weighted by atomic mass is 10.1. The minimum absolute atomic E-state index is 0.173. The van der Waals surface area contributed by atoms with E-state index in [9.17, 15) is 13.2 Å². The zero-order valence-electron chi connectivity index (χ0n) is 17.2. The van der Waals surface area contributed by atoms with E-state index in [2.05, 4.69) is 10.3 Å². The Morgan fingerprint density at radius 2 is 1.93 bits per heavy atom. The molecule has 0 spiro atoms. The van der Waals surface area contributed by atoms with Crippen molar-refractivity contribution in [3.05, 3.63) is 53.2 Å². The van der Waals surface area contributed by atoms with E-state index in [0.717, 1.165) is 11.1 Å². The Morgan fingerprint density at radius 3 is 2.62 bits per heavy atom. The lowest BCUT2D eigenvalue weighted by Gasteiger charge is -2.28. The molecule has 1 aliphatic carbocycles. The van der Waals surface area contributed by atoms with Crippen molar-refractivity contribution >= 4 is 15.7 Å². The van der Waals surface area contributed by atoms with Crippen molar-refractivity contribution in [3.8, 4) is 5.88 Å². The van der Waals surface area contributed by atoms with Gasteiger partial charge >= 0.3 is 0 Å². The molecular weight excluding hydrogens is 388 g/mol. The number of aromatic nitrogens is 1. The smallest absolute Gasteiger partial charge is 0.242 e. The second-order valence-electron chi connectivity index (χ2n) is 7.56. The highest BCUT2D eigenvalue weighted by molar-refractivity contribution is 7.93. The van der Waals surface area contributed by atoms with Crippen LogP contribution in [-0.4, -0.2) is 30.7 Å². The van der Waals surface area contributed by atoms with E-state index in [1.54, 1.807) is 31.3 Å². The van der Waals surface area contributed by atoms with Crippen LogP contribution < -0.4 is 10.1 Å². The van der Waals surface area contributed by atoms with Gasteiger partial charge in [-0.3, -0.25) is 4.79 Å². The van der Waals surface area contributed by atoms with Gasteiger partial charge in [0.15, 0.2) is 14.6 Å². The maximum Gasteiger partial charge on any atom is 0.242 e. The first-order valence-corrected chi connectivity index (χ1v) is 11.5. The predicted octanol–water partition coefficient (Wildman–Crippen LogP) is 3.50. The average molecular weight is 417 g/mol. The molecule has 6 nitrogen and oxygen atoms in total. The van der Waals surface area contributed by atoms with Crippen LogP contribution in [0.1, 0.15) is 49.3 Å². The maximum absolute atomic E-state index is 13.7. The van der Waals surface area contributed by atoms with E-state index in [0.29, 0.717) is 43.7 Å². The summed E-state index contributed by atoms with van der Waals surface area (Å²) in [5, 5.41) is 2.85. The zero-order valence-corrected chi connectivity index (χ0v) is 18.0. The Morgan fingerprint density at radius 1 is 1.21 bits per heavy atom. The Balaban J connectivity index is 1.91. The number of hydrogen-bond acceptors (Lipinski definition) is 5. The SMILES string of the molecule is CCOc1ncccc1CNC(=O)C1(S(=O)(=O)c2cc(C)ccc2C)CCCC1. The lowest BCUT2D eigenvalue weighted by Crippen LogP contribution is -2.50. The number of sulfone groups is 1. The number of nitrogens with one attached hydrogen (secondary N) is 1. The number of pyridine rings is 1. The van der Waals surface area contributed by atoms with E-state index in [1.165, 1.54) is 0 Å². The molecule has 1 N–H and O–H groups in total. The first-order chi connectivity index (χ1) is 13.8. The van der Waals surface area contributed by atoms with Gasteiger partial charge in [0, 0.05) is 18.3 Å². The summed E-state index contributed by atoms with van der Waals surface area (Å²) in [6.07, 6.45) is 3.72. The fourth-order valence-corrected chi connectivity index (χ4v) is 6.33. The van der Waals surface area contributed by atoms with Crippen LogP contribution in [-0.2, 0) is 21.2 Å². The summed E-state index contributed by atoms with van der Waals surface area (Å²) < 4.78 is 31.4. The summed E-state index contributed by atoms with van der Waals surface area (Å²) in [5.41, 5.74) is 2.25. The number of aryl methyl sites for hydroxylation is 2. The van der Waals surface area contributed by atoms with Crippen molar-refractivity contribution in [1.82, 2.24) is 10.3 Å². The second kappa shape index (κ2) is 8.53. The van der Waals surface area contributed by atoms with Crippen LogP contribution in [0.5, 0.6) is 5.88 Å². The van der Waals surface area contributed by atoms with Crippen LogP contribution in [0.15, 0.2) is 41.4 Å². The molecule has 1 amide bonds. The molecule has 1 saturated carbocycles. The summed E-state index contributed by atoms with van der Waals surface area (Å²) in [7, 11) is -3.84. The van der Waals surface area contributed by atoms with Crippen LogP contribution in [0.3, 0.4) is 0 Å². The van der Waals surface area contributed by atoms with Crippen molar-refractivity contribution in [2.45, 2.75) is 62.6 Å². The number of carbonyl (C=O) groups is 1. The third kappa shape index (κ3) is 4.01. The molecule has 0 aliphatic heterocycles. The number of benzene rings is 1. The molecule has 0 unspecified atom stereocenters. The molecule has 1 aromatic carbocycles. The average Bonchev–Trinajstić information content (AvgIpc) is 3.21. The van der Waals surface area contributed by atoms with Crippen molar-refractivity contribution in [1.29, 1.82) is 0 Å². The van der Waals surface area contributed by atoms with E-state index in [4.69, 9.17) is 4.74 Å². The maximum atomic E-state index is 13.7. The number of carbonyl (C=O) groups excluding carboxylic acids is 1. The van der Waals surface area contributed by atoms with Gasteiger partial charge in [-0.25, -0.2) is 13.4 Å². The molecule has 0 radical (unpaired) electrons. The molecule has 3 rings (SSSR count). The quantitative estimate of drug-likeness (QED) is 0.747. The topological polar surface area (TPSA) is 85.4 Å². The highest BCUT2D eigenvalue weighted by atomic mass is 32.2. The normalized spacial score (nSPS) is 15.8.